The van der Waals surface area contributed by atoms with Gasteiger partial charge in [0.1, 0.15) is 0 Å². The fourth-order valence-corrected chi connectivity index (χ4v) is 4.33. The summed E-state index contributed by atoms with van der Waals surface area (Å²) in [5.74, 6) is 1.47. The lowest BCUT2D eigenvalue weighted by molar-refractivity contribution is -0.898. The van der Waals surface area contributed by atoms with E-state index in [0.717, 1.165) is 12.5 Å². The first kappa shape index (κ1) is 16.5. The van der Waals surface area contributed by atoms with Crippen molar-refractivity contribution in [1.82, 2.24) is 5.32 Å². The summed E-state index contributed by atoms with van der Waals surface area (Å²) >= 11 is 0. The Morgan fingerprint density at radius 1 is 1.13 bits per heavy atom. The van der Waals surface area contributed by atoms with Gasteiger partial charge in [0.15, 0.2) is 0 Å². The molecule has 0 radical (unpaired) electrons. The summed E-state index contributed by atoms with van der Waals surface area (Å²) in [6.45, 7) is 3.74. The second-order valence-corrected chi connectivity index (χ2v) is 7.95. The number of fused-ring (bicyclic) bond motifs is 1. The van der Waals surface area contributed by atoms with Crippen LogP contribution in [0.1, 0.15) is 30.7 Å². The molecule has 0 aromatic heterocycles. The number of hydrogen-bond acceptors (Lipinski definition) is 1. The Kier molecular flexibility index (Phi) is 5.03. The van der Waals surface area contributed by atoms with Crippen molar-refractivity contribution in [1.29, 1.82) is 0 Å². The van der Waals surface area contributed by atoms with E-state index in [0.29, 0.717) is 5.92 Å². The van der Waals surface area contributed by atoms with Gasteiger partial charge in [-0.3, -0.25) is 0 Å². The molecule has 0 spiro atoms. The molecule has 1 aliphatic rings. The molecule has 2 aromatic rings. The number of nitrogens with one attached hydrogen (secondary N) is 1. The van der Waals surface area contributed by atoms with E-state index in [1.807, 2.05) is 0 Å². The Bertz CT molecular complexity index is 647. The van der Waals surface area contributed by atoms with Crippen molar-refractivity contribution in [3.63, 3.8) is 0 Å². The topological polar surface area (TPSA) is 12.0 Å². The predicted molar refractivity (Wildman–Crippen MR) is 99.8 cm³/mol. The minimum atomic E-state index is 0.618. The molecule has 0 bridgehead atoms. The third kappa shape index (κ3) is 4.13. The molecule has 1 N–H and O–H groups in total. The summed E-state index contributed by atoms with van der Waals surface area (Å²) in [6, 6.07) is 15.7. The Balaban J connectivity index is 1.79. The monoisotopic (exact) mass is 311 g/mol. The van der Waals surface area contributed by atoms with E-state index in [-0.39, 0.29) is 0 Å². The summed E-state index contributed by atoms with van der Waals surface area (Å²) in [5, 5.41) is 6.13. The van der Waals surface area contributed by atoms with Crippen LogP contribution in [0.2, 0.25) is 0 Å². The molecule has 1 heterocycles. The van der Waals surface area contributed by atoms with Crippen LogP contribution in [0, 0.1) is 5.92 Å². The van der Waals surface area contributed by atoms with Gasteiger partial charge in [-0.25, -0.2) is 0 Å². The maximum absolute atomic E-state index is 3.42. The Hall–Kier alpha value is -1.38. The predicted octanol–water partition coefficient (Wildman–Crippen LogP) is 4.02. The average molecular weight is 311 g/mol. The van der Waals surface area contributed by atoms with Gasteiger partial charge in [0.2, 0.25) is 0 Å². The summed E-state index contributed by atoms with van der Waals surface area (Å²) < 4.78 is 1.19. The number of hydrogen-bond donors (Lipinski definition) is 1. The SMILES string of the molecule is CNCC(CC1CCC[N+](C)(C)C1)c1ccc2ccccc2c1. The van der Waals surface area contributed by atoms with Gasteiger partial charge >= 0.3 is 0 Å². The number of likely N-dealkylation sites (tertiary alicyclic amines) is 1. The Labute approximate surface area is 141 Å². The first-order valence-corrected chi connectivity index (χ1v) is 9.03. The highest BCUT2D eigenvalue weighted by Crippen LogP contribution is 2.31. The third-order valence-electron chi connectivity index (χ3n) is 5.44. The largest absolute Gasteiger partial charge is 0.328 e. The van der Waals surface area contributed by atoms with Crippen molar-refractivity contribution in [2.45, 2.75) is 25.2 Å². The van der Waals surface area contributed by atoms with Crippen LogP contribution in [0.5, 0.6) is 0 Å². The molecule has 1 aliphatic heterocycles. The second-order valence-electron chi connectivity index (χ2n) is 7.95. The zero-order valence-electron chi connectivity index (χ0n) is 14.9. The highest BCUT2D eigenvalue weighted by Gasteiger charge is 2.29. The van der Waals surface area contributed by atoms with Crippen LogP contribution in [0.25, 0.3) is 10.8 Å². The van der Waals surface area contributed by atoms with E-state index in [1.54, 1.807) is 0 Å². The van der Waals surface area contributed by atoms with Crippen molar-refractivity contribution in [2.75, 3.05) is 40.8 Å². The summed E-state index contributed by atoms with van der Waals surface area (Å²) in [6.07, 6.45) is 4.08. The van der Waals surface area contributed by atoms with E-state index in [2.05, 4.69) is 68.9 Å². The molecular formula is C21H31N2+. The van der Waals surface area contributed by atoms with Crippen molar-refractivity contribution >= 4 is 10.8 Å². The van der Waals surface area contributed by atoms with Gasteiger partial charge in [-0.15, -0.1) is 0 Å². The smallest absolute Gasteiger partial charge is 0.0811 e. The van der Waals surface area contributed by atoms with Crippen LogP contribution >= 0.6 is 0 Å². The van der Waals surface area contributed by atoms with Crippen molar-refractivity contribution < 1.29 is 4.48 Å². The molecule has 2 nitrogen and oxygen atoms in total. The summed E-state index contributed by atoms with van der Waals surface area (Å²) in [4.78, 5) is 0. The molecule has 2 atom stereocenters. The normalized spacial score (nSPS) is 22.1. The lowest BCUT2D eigenvalue weighted by Gasteiger charge is -2.39. The molecule has 23 heavy (non-hydrogen) atoms. The second kappa shape index (κ2) is 7.02. The number of quaternary nitrogens is 1. The quantitative estimate of drug-likeness (QED) is 0.822. The van der Waals surface area contributed by atoms with E-state index >= 15 is 0 Å². The molecule has 124 valence electrons. The fraction of sp³-hybridized carbons (Fsp3) is 0.524. The average Bonchev–Trinajstić information content (AvgIpc) is 2.53. The van der Waals surface area contributed by atoms with Gasteiger partial charge < -0.3 is 9.80 Å². The summed E-state index contributed by atoms with van der Waals surface area (Å²) in [5.41, 5.74) is 1.49. The molecule has 2 unspecified atom stereocenters. The molecule has 2 heteroatoms. The van der Waals surface area contributed by atoms with E-state index < -0.39 is 0 Å². The minimum absolute atomic E-state index is 0.618. The van der Waals surface area contributed by atoms with Gasteiger partial charge in [0.05, 0.1) is 27.2 Å². The number of piperidine rings is 1. The molecule has 0 amide bonds. The van der Waals surface area contributed by atoms with Gasteiger partial charge in [-0.2, -0.15) is 0 Å². The van der Waals surface area contributed by atoms with Crippen LogP contribution in [0.15, 0.2) is 42.5 Å². The van der Waals surface area contributed by atoms with E-state index in [1.165, 1.54) is 53.2 Å². The summed E-state index contributed by atoms with van der Waals surface area (Å²) in [7, 11) is 6.85. The lowest BCUT2D eigenvalue weighted by atomic mass is 9.83. The van der Waals surface area contributed by atoms with Crippen molar-refractivity contribution in [3.8, 4) is 0 Å². The Morgan fingerprint density at radius 2 is 1.91 bits per heavy atom. The van der Waals surface area contributed by atoms with Crippen LogP contribution in [0.3, 0.4) is 0 Å². The number of benzene rings is 2. The third-order valence-corrected chi connectivity index (χ3v) is 5.44. The van der Waals surface area contributed by atoms with Crippen LogP contribution in [0.4, 0.5) is 0 Å². The first-order chi connectivity index (χ1) is 11.1. The minimum Gasteiger partial charge on any atom is -0.328 e. The van der Waals surface area contributed by atoms with Crippen LogP contribution in [-0.4, -0.2) is 45.3 Å². The standard InChI is InChI=1S/C21H31N2/c1-22-15-21(13-17-7-6-12-23(2,3)16-17)20-11-10-18-8-4-5-9-19(18)14-20/h4-5,8-11,14,17,21-22H,6-7,12-13,15-16H2,1-3H3/q+1. The van der Waals surface area contributed by atoms with Gasteiger partial charge in [0.25, 0.3) is 0 Å². The molecule has 3 rings (SSSR count). The molecular weight excluding hydrogens is 280 g/mol. The van der Waals surface area contributed by atoms with Crippen LogP contribution in [-0.2, 0) is 0 Å². The lowest BCUT2D eigenvalue weighted by Crippen LogP contribution is -2.47. The van der Waals surface area contributed by atoms with Gasteiger partial charge in [0, 0.05) is 12.5 Å². The molecule has 1 saturated heterocycles. The van der Waals surface area contributed by atoms with E-state index in [9.17, 15) is 0 Å². The van der Waals surface area contributed by atoms with Crippen LogP contribution < -0.4 is 5.32 Å². The molecule has 0 aliphatic carbocycles. The highest BCUT2D eigenvalue weighted by molar-refractivity contribution is 5.83. The van der Waals surface area contributed by atoms with Crippen molar-refractivity contribution in [2.24, 2.45) is 5.92 Å². The first-order valence-electron chi connectivity index (χ1n) is 9.03. The number of likely N-dealkylation sites (N-methyl/N-ethyl adjacent to an activating group) is 1. The molecule has 1 fully saturated rings. The maximum atomic E-state index is 3.42. The molecule has 0 saturated carbocycles. The van der Waals surface area contributed by atoms with Gasteiger partial charge in [-0.05, 0) is 48.6 Å². The maximum Gasteiger partial charge on any atom is 0.0811 e. The van der Waals surface area contributed by atoms with Crippen molar-refractivity contribution in [3.05, 3.63) is 48.0 Å². The molecule has 2 aromatic carbocycles. The Morgan fingerprint density at radius 3 is 2.65 bits per heavy atom. The van der Waals surface area contributed by atoms with E-state index in [4.69, 9.17) is 0 Å². The number of rotatable bonds is 5. The zero-order valence-corrected chi connectivity index (χ0v) is 14.9. The highest BCUT2D eigenvalue weighted by atomic mass is 15.3. The van der Waals surface area contributed by atoms with Gasteiger partial charge in [-0.1, -0.05) is 42.5 Å². The number of nitrogens with zero attached hydrogens (tertiary/aromatic N) is 1. The fourth-order valence-electron chi connectivity index (χ4n) is 4.33. The zero-order chi connectivity index (χ0) is 16.3.